The van der Waals surface area contributed by atoms with Crippen LogP contribution in [0.15, 0.2) is 42.5 Å². The molecule has 1 aliphatic rings. The lowest BCUT2D eigenvalue weighted by Crippen LogP contribution is -2.60. The molecule has 0 radical (unpaired) electrons. The summed E-state index contributed by atoms with van der Waals surface area (Å²) < 4.78 is 10.8. The van der Waals surface area contributed by atoms with Crippen molar-refractivity contribution in [1.82, 2.24) is 0 Å². The SMILES string of the molecule is O=C(O)c1ccc(-c2ccc(O[C@H]3O[C@H](CO)[C@@H](O)[C@H](O)[C@@H]3O)c(Cl)c2)cc1. The highest BCUT2D eigenvalue weighted by molar-refractivity contribution is 6.32. The standard InChI is InChI=1S/C19H19ClO8/c20-12-7-11(9-1-3-10(4-2-9)18(25)26)5-6-13(12)27-19-17(24)16(23)15(22)14(8-21)28-19/h1-7,14-17,19,21-24H,8H2,(H,25,26)/t14-,15-,16+,17+,19+/m1/s1. The van der Waals surface area contributed by atoms with E-state index in [0.29, 0.717) is 5.56 Å². The minimum Gasteiger partial charge on any atom is -0.478 e. The van der Waals surface area contributed by atoms with Crippen molar-refractivity contribution in [2.24, 2.45) is 0 Å². The fourth-order valence-electron chi connectivity index (χ4n) is 2.87. The predicted molar refractivity (Wildman–Crippen MR) is 98.2 cm³/mol. The summed E-state index contributed by atoms with van der Waals surface area (Å²) in [6, 6.07) is 11.1. The number of rotatable bonds is 5. The van der Waals surface area contributed by atoms with Crippen LogP contribution in [0.5, 0.6) is 5.75 Å². The van der Waals surface area contributed by atoms with Gasteiger partial charge in [-0.1, -0.05) is 29.8 Å². The number of aliphatic hydroxyl groups is 4. The van der Waals surface area contributed by atoms with Gasteiger partial charge in [0.05, 0.1) is 17.2 Å². The Bertz CT molecular complexity index is 838. The lowest BCUT2D eigenvalue weighted by Gasteiger charge is -2.39. The molecule has 5 N–H and O–H groups in total. The van der Waals surface area contributed by atoms with Gasteiger partial charge in [-0.3, -0.25) is 0 Å². The molecule has 0 aliphatic carbocycles. The van der Waals surface area contributed by atoms with Crippen molar-refractivity contribution in [3.8, 4) is 16.9 Å². The van der Waals surface area contributed by atoms with Gasteiger partial charge in [-0.15, -0.1) is 0 Å². The Morgan fingerprint density at radius 3 is 2.21 bits per heavy atom. The lowest BCUT2D eigenvalue weighted by atomic mass is 9.99. The molecular formula is C19H19ClO8. The van der Waals surface area contributed by atoms with Crippen LogP contribution in [0.2, 0.25) is 5.02 Å². The third kappa shape index (κ3) is 4.12. The zero-order valence-corrected chi connectivity index (χ0v) is 15.2. The maximum Gasteiger partial charge on any atom is 0.335 e. The highest BCUT2D eigenvalue weighted by Gasteiger charge is 2.44. The molecule has 9 heteroatoms. The van der Waals surface area contributed by atoms with E-state index in [4.69, 9.17) is 26.2 Å². The molecule has 0 amide bonds. The highest BCUT2D eigenvalue weighted by Crippen LogP contribution is 2.33. The Kier molecular flexibility index (Phi) is 6.19. The minimum absolute atomic E-state index is 0.164. The van der Waals surface area contributed by atoms with Crippen LogP contribution in [0.25, 0.3) is 11.1 Å². The van der Waals surface area contributed by atoms with E-state index in [9.17, 15) is 25.2 Å². The quantitative estimate of drug-likeness (QED) is 0.490. The van der Waals surface area contributed by atoms with Crippen LogP contribution in [0, 0.1) is 0 Å². The zero-order valence-electron chi connectivity index (χ0n) is 14.5. The lowest BCUT2D eigenvalue weighted by molar-refractivity contribution is -0.277. The molecule has 1 saturated heterocycles. The van der Waals surface area contributed by atoms with Gasteiger partial charge in [-0.05, 0) is 35.4 Å². The Morgan fingerprint density at radius 1 is 1.00 bits per heavy atom. The van der Waals surface area contributed by atoms with Crippen molar-refractivity contribution in [1.29, 1.82) is 0 Å². The Balaban J connectivity index is 1.78. The summed E-state index contributed by atoms with van der Waals surface area (Å²) >= 11 is 6.25. The molecule has 0 aromatic heterocycles. The molecule has 0 unspecified atom stereocenters. The second kappa shape index (κ2) is 8.44. The smallest absolute Gasteiger partial charge is 0.335 e. The third-order valence-electron chi connectivity index (χ3n) is 4.49. The summed E-state index contributed by atoms with van der Waals surface area (Å²) in [7, 11) is 0. The van der Waals surface area contributed by atoms with E-state index >= 15 is 0 Å². The Hall–Kier alpha value is -2.20. The van der Waals surface area contributed by atoms with Gasteiger partial charge in [-0.25, -0.2) is 4.79 Å². The van der Waals surface area contributed by atoms with Crippen molar-refractivity contribution >= 4 is 17.6 Å². The maximum absolute atomic E-state index is 10.9. The molecule has 1 fully saturated rings. The second-order valence-electron chi connectivity index (χ2n) is 6.34. The van der Waals surface area contributed by atoms with Crippen molar-refractivity contribution < 1.29 is 39.8 Å². The molecule has 1 aliphatic heterocycles. The Labute approximate surface area is 165 Å². The van der Waals surface area contributed by atoms with E-state index in [-0.39, 0.29) is 16.3 Å². The first-order chi connectivity index (χ1) is 13.3. The van der Waals surface area contributed by atoms with Crippen LogP contribution in [0.1, 0.15) is 10.4 Å². The van der Waals surface area contributed by atoms with E-state index in [1.807, 2.05) is 0 Å². The predicted octanol–water partition coefficient (Wildman–Crippen LogP) is 0.884. The average Bonchev–Trinajstić information content (AvgIpc) is 2.69. The van der Waals surface area contributed by atoms with Crippen LogP contribution in [-0.2, 0) is 4.74 Å². The largest absolute Gasteiger partial charge is 0.478 e. The number of carboxylic acids is 1. The molecule has 8 nitrogen and oxygen atoms in total. The van der Waals surface area contributed by atoms with E-state index < -0.39 is 43.3 Å². The van der Waals surface area contributed by atoms with Gasteiger partial charge in [0.25, 0.3) is 0 Å². The molecule has 3 rings (SSSR count). The highest BCUT2D eigenvalue weighted by atomic mass is 35.5. The summed E-state index contributed by atoms with van der Waals surface area (Å²) in [6.45, 7) is -0.566. The van der Waals surface area contributed by atoms with Crippen LogP contribution in [0.3, 0.4) is 0 Å². The summed E-state index contributed by atoms with van der Waals surface area (Å²) in [6.07, 6.45) is -7.01. The molecule has 0 saturated carbocycles. The zero-order chi connectivity index (χ0) is 20.4. The van der Waals surface area contributed by atoms with Gasteiger partial charge in [0.1, 0.15) is 30.2 Å². The average molecular weight is 411 g/mol. The number of aromatic carboxylic acids is 1. The topological polar surface area (TPSA) is 137 Å². The van der Waals surface area contributed by atoms with Crippen LogP contribution in [0.4, 0.5) is 0 Å². The van der Waals surface area contributed by atoms with Gasteiger partial charge in [-0.2, -0.15) is 0 Å². The Morgan fingerprint density at radius 2 is 1.64 bits per heavy atom. The maximum atomic E-state index is 10.9. The molecule has 5 atom stereocenters. The molecular weight excluding hydrogens is 392 g/mol. The molecule has 2 aromatic carbocycles. The summed E-state index contributed by atoms with van der Waals surface area (Å²) in [4.78, 5) is 10.9. The molecule has 28 heavy (non-hydrogen) atoms. The minimum atomic E-state index is -1.55. The molecule has 0 spiro atoms. The fraction of sp³-hybridized carbons (Fsp3) is 0.316. The van der Waals surface area contributed by atoms with Crippen LogP contribution in [-0.4, -0.2) is 68.8 Å². The number of aliphatic hydroxyl groups excluding tert-OH is 4. The van der Waals surface area contributed by atoms with Gasteiger partial charge >= 0.3 is 5.97 Å². The first-order valence-electron chi connectivity index (χ1n) is 8.42. The molecule has 150 valence electrons. The van der Waals surface area contributed by atoms with E-state index in [0.717, 1.165) is 5.56 Å². The van der Waals surface area contributed by atoms with Crippen LogP contribution >= 0.6 is 11.6 Å². The van der Waals surface area contributed by atoms with Gasteiger partial charge in [0, 0.05) is 0 Å². The summed E-state index contributed by atoms with van der Waals surface area (Å²) in [5.74, 6) is -0.857. The van der Waals surface area contributed by atoms with Gasteiger partial charge in [0.2, 0.25) is 6.29 Å². The number of benzene rings is 2. The fourth-order valence-corrected chi connectivity index (χ4v) is 3.10. The second-order valence-corrected chi connectivity index (χ2v) is 6.75. The van der Waals surface area contributed by atoms with E-state index in [1.54, 1.807) is 24.3 Å². The number of hydrogen-bond acceptors (Lipinski definition) is 7. The van der Waals surface area contributed by atoms with E-state index in [2.05, 4.69) is 0 Å². The van der Waals surface area contributed by atoms with Crippen molar-refractivity contribution in [3.05, 3.63) is 53.1 Å². The first-order valence-corrected chi connectivity index (χ1v) is 8.80. The number of carboxylic acid groups (broad SMARTS) is 1. The summed E-state index contributed by atoms with van der Waals surface area (Å²) in [5.41, 5.74) is 1.62. The monoisotopic (exact) mass is 410 g/mol. The van der Waals surface area contributed by atoms with Crippen molar-refractivity contribution in [3.63, 3.8) is 0 Å². The van der Waals surface area contributed by atoms with Crippen LogP contribution < -0.4 is 4.74 Å². The number of hydrogen-bond donors (Lipinski definition) is 5. The molecule has 1 heterocycles. The normalized spacial score (nSPS) is 27.4. The number of carbonyl (C=O) groups is 1. The molecule has 2 aromatic rings. The summed E-state index contributed by atoms with van der Waals surface area (Å²) in [5, 5.41) is 48.0. The van der Waals surface area contributed by atoms with Gasteiger partial charge in [0.15, 0.2) is 0 Å². The van der Waals surface area contributed by atoms with Gasteiger partial charge < -0.3 is 35.0 Å². The van der Waals surface area contributed by atoms with E-state index in [1.165, 1.54) is 18.2 Å². The third-order valence-corrected chi connectivity index (χ3v) is 4.78. The van der Waals surface area contributed by atoms with Crippen molar-refractivity contribution in [2.45, 2.75) is 30.7 Å². The number of halogens is 1. The number of ether oxygens (including phenoxy) is 2. The first kappa shape index (κ1) is 20.5. The molecule has 0 bridgehead atoms. The van der Waals surface area contributed by atoms with Crippen molar-refractivity contribution in [2.75, 3.05) is 6.61 Å².